The molecule has 13 heavy (non-hydrogen) atoms. The summed E-state index contributed by atoms with van der Waals surface area (Å²) in [6, 6.07) is 9.99. The summed E-state index contributed by atoms with van der Waals surface area (Å²) in [7, 11) is -1.60. The second-order valence-electron chi connectivity index (χ2n) is 3.03. The number of benzene rings is 1. The zero-order chi connectivity index (χ0) is 9.10. The fourth-order valence-electron chi connectivity index (χ4n) is 1.46. The molecule has 0 radical (unpaired) electrons. The average Bonchev–Trinajstić information content (AvgIpc) is 2.20. The summed E-state index contributed by atoms with van der Waals surface area (Å²) in [6.45, 7) is 0. The maximum Gasteiger partial charge on any atom is 0.108 e. The Bertz CT molecular complexity index is 365. The normalized spacial score (nSPS) is 26.2. The van der Waals surface area contributed by atoms with E-state index in [1.165, 1.54) is 0 Å². The van der Waals surface area contributed by atoms with Crippen LogP contribution in [-0.4, -0.2) is 0 Å². The molecule has 2 heteroatoms. The van der Waals surface area contributed by atoms with E-state index in [4.69, 9.17) is 0 Å². The predicted octanol–water partition coefficient (Wildman–Crippen LogP) is 3.37. The van der Waals surface area contributed by atoms with Crippen LogP contribution in [0.25, 0.3) is 0 Å². The molecule has 0 aromatic heterocycles. The van der Waals surface area contributed by atoms with Crippen molar-refractivity contribution >= 4 is 7.80 Å². The molecule has 1 nitrogen and oxygen atoms in total. The van der Waals surface area contributed by atoms with Gasteiger partial charge in [0.05, 0.1) is 5.66 Å². The minimum Gasteiger partial charge on any atom is -0.322 e. The first-order valence-electron chi connectivity index (χ1n) is 4.31. The Morgan fingerprint density at radius 2 is 1.85 bits per heavy atom. The van der Waals surface area contributed by atoms with Crippen molar-refractivity contribution in [3.05, 3.63) is 59.9 Å². The molecular weight excluding hydrogens is 179 g/mol. The van der Waals surface area contributed by atoms with E-state index in [9.17, 15) is 4.57 Å². The molecule has 0 spiro atoms. The fourth-order valence-corrected chi connectivity index (χ4v) is 2.79. The van der Waals surface area contributed by atoms with Crippen molar-refractivity contribution in [2.24, 2.45) is 0 Å². The van der Waals surface area contributed by atoms with Gasteiger partial charge in [-0.05, 0) is 11.4 Å². The van der Waals surface area contributed by atoms with Crippen molar-refractivity contribution < 1.29 is 4.57 Å². The summed E-state index contributed by atoms with van der Waals surface area (Å²) in [5.74, 6) is 1.81. The van der Waals surface area contributed by atoms with Crippen molar-refractivity contribution in [2.75, 3.05) is 0 Å². The van der Waals surface area contributed by atoms with Crippen LogP contribution in [0.5, 0.6) is 0 Å². The fraction of sp³-hybridized carbons (Fsp3) is 0.0909. The first-order chi connectivity index (χ1) is 6.38. The molecule has 2 unspecified atom stereocenters. The van der Waals surface area contributed by atoms with Crippen molar-refractivity contribution in [1.82, 2.24) is 0 Å². The lowest BCUT2D eigenvalue weighted by atomic mass is 10.1. The molecule has 0 amide bonds. The van der Waals surface area contributed by atoms with E-state index in [0.29, 0.717) is 0 Å². The third-order valence-corrected chi connectivity index (χ3v) is 3.80. The van der Waals surface area contributed by atoms with Gasteiger partial charge >= 0.3 is 0 Å². The van der Waals surface area contributed by atoms with Gasteiger partial charge in [0.1, 0.15) is 7.80 Å². The summed E-state index contributed by atoms with van der Waals surface area (Å²) in [5.41, 5.74) is 1.25. The Morgan fingerprint density at radius 3 is 2.54 bits per heavy atom. The van der Waals surface area contributed by atoms with Gasteiger partial charge in [0.15, 0.2) is 0 Å². The van der Waals surface area contributed by atoms with Gasteiger partial charge in [-0.25, -0.2) is 0 Å². The molecule has 1 aliphatic rings. The molecule has 1 aliphatic heterocycles. The van der Waals surface area contributed by atoms with E-state index in [0.717, 1.165) is 5.56 Å². The van der Waals surface area contributed by atoms with E-state index >= 15 is 0 Å². The van der Waals surface area contributed by atoms with Crippen molar-refractivity contribution in [1.29, 1.82) is 0 Å². The molecule has 0 saturated heterocycles. The highest BCUT2D eigenvalue weighted by Gasteiger charge is 2.14. The highest BCUT2D eigenvalue weighted by molar-refractivity contribution is 7.49. The van der Waals surface area contributed by atoms with Gasteiger partial charge in [0.2, 0.25) is 0 Å². The topological polar surface area (TPSA) is 17.1 Å². The lowest BCUT2D eigenvalue weighted by Crippen LogP contribution is -1.89. The van der Waals surface area contributed by atoms with Crippen LogP contribution in [0.1, 0.15) is 11.2 Å². The minimum absolute atomic E-state index is 0.108. The van der Waals surface area contributed by atoms with Crippen LogP contribution in [0.2, 0.25) is 0 Å². The van der Waals surface area contributed by atoms with E-state index < -0.39 is 7.80 Å². The summed E-state index contributed by atoms with van der Waals surface area (Å²) >= 11 is 0. The average molecular weight is 190 g/mol. The monoisotopic (exact) mass is 190 g/mol. The number of hydrogen-bond acceptors (Lipinski definition) is 1. The van der Waals surface area contributed by atoms with Crippen LogP contribution in [0, 0.1) is 0 Å². The van der Waals surface area contributed by atoms with Crippen LogP contribution < -0.4 is 0 Å². The van der Waals surface area contributed by atoms with Gasteiger partial charge in [-0.3, -0.25) is 0 Å². The second kappa shape index (κ2) is 3.76. The van der Waals surface area contributed by atoms with Gasteiger partial charge < -0.3 is 4.57 Å². The largest absolute Gasteiger partial charge is 0.322 e. The molecule has 66 valence electrons. The molecule has 1 heterocycles. The van der Waals surface area contributed by atoms with Gasteiger partial charge in [0, 0.05) is 0 Å². The molecular formula is C11H11OP. The third-order valence-electron chi connectivity index (χ3n) is 2.14. The van der Waals surface area contributed by atoms with E-state index in [-0.39, 0.29) is 5.66 Å². The van der Waals surface area contributed by atoms with Gasteiger partial charge in [-0.1, -0.05) is 48.6 Å². The van der Waals surface area contributed by atoms with Crippen molar-refractivity contribution in [3.63, 3.8) is 0 Å². The lowest BCUT2D eigenvalue weighted by molar-refractivity contribution is 0.589. The first kappa shape index (κ1) is 8.52. The maximum absolute atomic E-state index is 11.6. The molecule has 0 aliphatic carbocycles. The van der Waals surface area contributed by atoms with Crippen molar-refractivity contribution in [3.8, 4) is 0 Å². The molecule has 1 aromatic carbocycles. The molecule has 2 atom stereocenters. The smallest absolute Gasteiger partial charge is 0.108 e. The summed E-state index contributed by atoms with van der Waals surface area (Å²) in [5, 5.41) is 0. The van der Waals surface area contributed by atoms with Crippen LogP contribution in [-0.2, 0) is 4.57 Å². The zero-order valence-electron chi connectivity index (χ0n) is 7.18. The first-order valence-corrected chi connectivity index (χ1v) is 5.88. The summed E-state index contributed by atoms with van der Waals surface area (Å²) < 4.78 is 11.6. The van der Waals surface area contributed by atoms with Gasteiger partial charge in [-0.15, -0.1) is 0 Å². The minimum atomic E-state index is -1.60. The van der Waals surface area contributed by atoms with E-state index in [1.807, 2.05) is 54.4 Å². The molecule has 0 bridgehead atoms. The standard InChI is InChI=1S/C11H11OP/c12-13-9-5-4-8-11(13)10-6-2-1-3-7-10/h1-9,11,13H. The molecule has 0 fully saturated rings. The SMILES string of the molecule is O=[PH]1C=CC=CC1c1ccccc1. The maximum atomic E-state index is 11.6. The number of rotatable bonds is 1. The Kier molecular flexibility index (Phi) is 2.47. The summed E-state index contributed by atoms with van der Waals surface area (Å²) in [4.78, 5) is 0. The zero-order valence-corrected chi connectivity index (χ0v) is 8.18. The van der Waals surface area contributed by atoms with Crippen LogP contribution in [0.4, 0.5) is 0 Å². The van der Waals surface area contributed by atoms with Crippen LogP contribution in [0.3, 0.4) is 0 Å². The van der Waals surface area contributed by atoms with Crippen LogP contribution in [0.15, 0.2) is 54.4 Å². The lowest BCUT2D eigenvalue weighted by Gasteiger charge is -2.12. The number of allylic oxidation sites excluding steroid dienone is 3. The van der Waals surface area contributed by atoms with Crippen molar-refractivity contribution in [2.45, 2.75) is 5.66 Å². The Morgan fingerprint density at radius 1 is 1.08 bits per heavy atom. The Labute approximate surface area is 78.6 Å². The molecule has 1 aromatic rings. The van der Waals surface area contributed by atoms with Gasteiger partial charge in [-0.2, -0.15) is 0 Å². The highest BCUT2D eigenvalue weighted by Crippen LogP contribution is 2.45. The predicted molar refractivity (Wildman–Crippen MR) is 56.5 cm³/mol. The Balaban J connectivity index is 2.32. The Hall–Kier alpha value is -1.07. The second-order valence-corrected chi connectivity index (χ2v) is 4.79. The molecule has 0 saturated carbocycles. The quantitative estimate of drug-likeness (QED) is 0.620. The van der Waals surface area contributed by atoms with Crippen LogP contribution >= 0.6 is 7.80 Å². The highest BCUT2D eigenvalue weighted by atomic mass is 31.1. The summed E-state index contributed by atoms with van der Waals surface area (Å²) in [6.07, 6.45) is 5.83. The molecule has 0 N–H and O–H groups in total. The number of hydrogen-bond donors (Lipinski definition) is 0. The van der Waals surface area contributed by atoms with E-state index in [1.54, 1.807) is 0 Å². The molecule has 2 rings (SSSR count). The van der Waals surface area contributed by atoms with E-state index in [2.05, 4.69) is 0 Å². The van der Waals surface area contributed by atoms with Gasteiger partial charge in [0.25, 0.3) is 0 Å². The third kappa shape index (κ3) is 1.81.